The van der Waals surface area contributed by atoms with E-state index in [1.54, 1.807) is 12.5 Å². The number of anilines is 1. The molecule has 0 aromatic carbocycles. The third-order valence-electron chi connectivity index (χ3n) is 2.66. The molecule has 0 aliphatic heterocycles. The van der Waals surface area contributed by atoms with Gasteiger partial charge in [0.1, 0.15) is 0 Å². The van der Waals surface area contributed by atoms with Crippen LogP contribution in [0.2, 0.25) is 0 Å². The lowest BCUT2D eigenvalue weighted by Crippen LogP contribution is -2.17. The smallest absolute Gasteiger partial charge is 0.0947 e. The highest BCUT2D eigenvalue weighted by molar-refractivity contribution is 5.42. The first-order valence-electron chi connectivity index (χ1n) is 6.16. The van der Waals surface area contributed by atoms with Crippen molar-refractivity contribution in [2.75, 3.05) is 18.9 Å². The first-order chi connectivity index (χ1) is 8.78. The maximum atomic E-state index is 5.06. The third kappa shape index (κ3) is 3.60. The largest absolute Gasteiger partial charge is 0.472 e. The molecule has 0 bridgehead atoms. The zero-order chi connectivity index (χ0) is 12.8. The Labute approximate surface area is 108 Å². The summed E-state index contributed by atoms with van der Waals surface area (Å²) in [5, 5.41) is 3.29. The van der Waals surface area contributed by atoms with Crippen molar-refractivity contribution in [1.29, 1.82) is 0 Å². The number of pyridine rings is 1. The van der Waals surface area contributed by atoms with Crippen LogP contribution in [0.15, 0.2) is 41.3 Å². The molecule has 2 heterocycles. The van der Waals surface area contributed by atoms with Gasteiger partial charge in [0, 0.05) is 37.1 Å². The average molecular weight is 245 g/mol. The topological polar surface area (TPSA) is 41.3 Å². The second-order valence-corrected chi connectivity index (χ2v) is 4.37. The highest BCUT2D eigenvalue weighted by Crippen LogP contribution is 2.11. The van der Waals surface area contributed by atoms with Crippen LogP contribution in [0.1, 0.15) is 18.2 Å². The van der Waals surface area contributed by atoms with Crippen molar-refractivity contribution in [3.05, 3.63) is 48.2 Å². The number of aromatic nitrogens is 1. The maximum Gasteiger partial charge on any atom is 0.0947 e. The normalized spacial score (nSPS) is 10.8. The Hall–Kier alpha value is -1.81. The summed E-state index contributed by atoms with van der Waals surface area (Å²) in [6.45, 7) is 4.70. The van der Waals surface area contributed by atoms with E-state index in [0.29, 0.717) is 0 Å². The van der Waals surface area contributed by atoms with Crippen LogP contribution in [0.3, 0.4) is 0 Å². The Bertz CT molecular complexity index is 468. The van der Waals surface area contributed by atoms with Gasteiger partial charge in [0.25, 0.3) is 0 Å². The van der Waals surface area contributed by atoms with Crippen molar-refractivity contribution in [1.82, 2.24) is 9.88 Å². The lowest BCUT2D eigenvalue weighted by Gasteiger charge is -2.15. The van der Waals surface area contributed by atoms with E-state index in [0.717, 1.165) is 31.0 Å². The molecule has 0 aliphatic carbocycles. The molecule has 1 N–H and O–H groups in total. The van der Waals surface area contributed by atoms with Gasteiger partial charge >= 0.3 is 0 Å². The van der Waals surface area contributed by atoms with Crippen molar-refractivity contribution < 1.29 is 4.42 Å². The first kappa shape index (κ1) is 12.6. The van der Waals surface area contributed by atoms with Gasteiger partial charge in [0.05, 0.1) is 18.2 Å². The van der Waals surface area contributed by atoms with E-state index in [4.69, 9.17) is 4.42 Å². The lowest BCUT2D eigenvalue weighted by atomic mass is 10.2. The van der Waals surface area contributed by atoms with Crippen LogP contribution in [0, 0.1) is 0 Å². The molecule has 4 heteroatoms. The Morgan fingerprint density at radius 3 is 2.94 bits per heavy atom. The Morgan fingerprint density at radius 2 is 2.22 bits per heavy atom. The van der Waals surface area contributed by atoms with Crippen molar-refractivity contribution in [2.45, 2.75) is 20.0 Å². The number of hydrogen-bond acceptors (Lipinski definition) is 4. The molecule has 0 saturated heterocycles. The Kier molecular flexibility index (Phi) is 4.36. The molecule has 4 nitrogen and oxygen atoms in total. The fourth-order valence-corrected chi connectivity index (χ4v) is 1.91. The van der Waals surface area contributed by atoms with Gasteiger partial charge in [-0.25, -0.2) is 0 Å². The van der Waals surface area contributed by atoms with E-state index in [-0.39, 0.29) is 0 Å². The van der Waals surface area contributed by atoms with Gasteiger partial charge < -0.3 is 9.73 Å². The lowest BCUT2D eigenvalue weighted by molar-refractivity contribution is 0.314. The van der Waals surface area contributed by atoms with Gasteiger partial charge in [-0.15, -0.1) is 0 Å². The fourth-order valence-electron chi connectivity index (χ4n) is 1.91. The SMILES string of the molecule is CCNc1ccnc(CN(C)Cc2ccoc2)c1. The molecular formula is C14H19N3O. The molecule has 2 aromatic rings. The highest BCUT2D eigenvalue weighted by Gasteiger charge is 2.04. The van der Waals surface area contributed by atoms with Crippen LogP contribution in [-0.4, -0.2) is 23.5 Å². The van der Waals surface area contributed by atoms with E-state index in [1.165, 1.54) is 5.56 Å². The van der Waals surface area contributed by atoms with Gasteiger partial charge in [-0.1, -0.05) is 0 Å². The minimum absolute atomic E-state index is 0.824. The van der Waals surface area contributed by atoms with Gasteiger partial charge in [-0.05, 0) is 32.2 Å². The predicted molar refractivity (Wildman–Crippen MR) is 72.3 cm³/mol. The van der Waals surface area contributed by atoms with Crippen molar-refractivity contribution >= 4 is 5.69 Å². The minimum atomic E-state index is 0.824. The third-order valence-corrected chi connectivity index (χ3v) is 2.66. The van der Waals surface area contributed by atoms with E-state index in [9.17, 15) is 0 Å². The first-order valence-corrected chi connectivity index (χ1v) is 6.16. The van der Waals surface area contributed by atoms with Crippen molar-refractivity contribution in [3.8, 4) is 0 Å². The van der Waals surface area contributed by atoms with Crippen LogP contribution in [0.25, 0.3) is 0 Å². The molecule has 0 radical (unpaired) electrons. The Morgan fingerprint density at radius 1 is 1.33 bits per heavy atom. The van der Waals surface area contributed by atoms with Crippen LogP contribution < -0.4 is 5.32 Å². The summed E-state index contributed by atoms with van der Waals surface area (Å²) in [6.07, 6.45) is 5.32. The molecule has 0 aliphatic rings. The van der Waals surface area contributed by atoms with E-state index in [2.05, 4.69) is 35.2 Å². The summed E-state index contributed by atoms with van der Waals surface area (Å²) in [5.41, 5.74) is 3.37. The average Bonchev–Trinajstić information content (AvgIpc) is 2.82. The molecule has 0 fully saturated rings. The van der Waals surface area contributed by atoms with E-state index < -0.39 is 0 Å². The summed E-state index contributed by atoms with van der Waals surface area (Å²) < 4.78 is 5.06. The molecule has 96 valence electrons. The summed E-state index contributed by atoms with van der Waals surface area (Å²) in [7, 11) is 2.08. The van der Waals surface area contributed by atoms with E-state index in [1.807, 2.05) is 18.3 Å². The standard InChI is InChI=1S/C14H19N3O/c1-3-15-13-4-6-16-14(8-13)10-17(2)9-12-5-7-18-11-12/h4-8,11H,3,9-10H2,1-2H3,(H,15,16). The molecule has 0 atom stereocenters. The number of rotatable bonds is 6. The molecule has 0 saturated carbocycles. The van der Waals surface area contributed by atoms with Crippen LogP contribution >= 0.6 is 0 Å². The Balaban J connectivity index is 1.93. The fraction of sp³-hybridized carbons (Fsp3) is 0.357. The van der Waals surface area contributed by atoms with Crippen molar-refractivity contribution in [3.63, 3.8) is 0 Å². The number of furan rings is 1. The second-order valence-electron chi connectivity index (χ2n) is 4.37. The summed E-state index contributed by atoms with van der Waals surface area (Å²) >= 11 is 0. The van der Waals surface area contributed by atoms with Crippen LogP contribution in [0.5, 0.6) is 0 Å². The maximum absolute atomic E-state index is 5.06. The summed E-state index contributed by atoms with van der Waals surface area (Å²) in [4.78, 5) is 6.60. The van der Waals surface area contributed by atoms with Crippen LogP contribution in [-0.2, 0) is 13.1 Å². The molecule has 2 rings (SSSR count). The summed E-state index contributed by atoms with van der Waals surface area (Å²) in [6, 6.07) is 6.07. The van der Waals surface area contributed by atoms with Gasteiger partial charge in [0.2, 0.25) is 0 Å². The van der Waals surface area contributed by atoms with Gasteiger partial charge in [0.15, 0.2) is 0 Å². The monoisotopic (exact) mass is 245 g/mol. The number of nitrogens with zero attached hydrogens (tertiary/aromatic N) is 2. The molecule has 18 heavy (non-hydrogen) atoms. The highest BCUT2D eigenvalue weighted by atomic mass is 16.3. The molecule has 0 unspecified atom stereocenters. The van der Waals surface area contributed by atoms with Gasteiger partial charge in [-0.3, -0.25) is 9.88 Å². The van der Waals surface area contributed by atoms with Crippen LogP contribution in [0.4, 0.5) is 5.69 Å². The zero-order valence-corrected chi connectivity index (χ0v) is 10.9. The number of nitrogens with one attached hydrogen (secondary N) is 1. The molecule has 0 spiro atoms. The van der Waals surface area contributed by atoms with Gasteiger partial charge in [-0.2, -0.15) is 0 Å². The second kappa shape index (κ2) is 6.21. The quantitative estimate of drug-likeness (QED) is 0.849. The van der Waals surface area contributed by atoms with Crippen molar-refractivity contribution in [2.24, 2.45) is 0 Å². The minimum Gasteiger partial charge on any atom is -0.472 e. The molecule has 0 amide bonds. The predicted octanol–water partition coefficient (Wildman–Crippen LogP) is 2.74. The van der Waals surface area contributed by atoms with E-state index >= 15 is 0 Å². The number of hydrogen-bond donors (Lipinski definition) is 1. The summed E-state index contributed by atoms with van der Waals surface area (Å²) in [5.74, 6) is 0. The zero-order valence-electron chi connectivity index (χ0n) is 10.9. The molecular weight excluding hydrogens is 226 g/mol. The molecule has 2 aromatic heterocycles.